The van der Waals surface area contributed by atoms with Gasteiger partial charge >= 0.3 is 6.18 Å². The Morgan fingerprint density at radius 3 is 2.52 bits per heavy atom. The number of aromatic nitrogens is 2. The minimum atomic E-state index is -4.44. The van der Waals surface area contributed by atoms with Crippen LogP contribution in [0.4, 0.5) is 13.2 Å². The number of alkyl halides is 3. The summed E-state index contributed by atoms with van der Waals surface area (Å²) in [6.07, 6.45) is -3.73. The van der Waals surface area contributed by atoms with E-state index in [1.165, 1.54) is 17.8 Å². The molecule has 0 radical (unpaired) electrons. The molecule has 2 atom stereocenters. The summed E-state index contributed by atoms with van der Waals surface area (Å²) in [5.74, 6) is -0.405. The monoisotopic (exact) mass is 426 g/mol. The van der Waals surface area contributed by atoms with Crippen LogP contribution in [0.1, 0.15) is 46.6 Å². The molecule has 1 N–H and O–H groups in total. The normalized spacial score (nSPS) is 15.2. The van der Waals surface area contributed by atoms with Gasteiger partial charge in [-0.15, -0.1) is 0 Å². The number of hydrogen-bond acceptors (Lipinski definition) is 4. The zero-order chi connectivity index (χ0) is 22.0. The Morgan fingerprint density at radius 2 is 2.00 bits per heavy atom. The van der Waals surface area contributed by atoms with Crippen molar-refractivity contribution in [3.63, 3.8) is 0 Å². The molecule has 2 aromatic rings. The maximum Gasteiger partial charge on any atom is 0.416 e. The van der Waals surface area contributed by atoms with Crippen LogP contribution in [0.2, 0.25) is 0 Å². The molecule has 1 amide bonds. The van der Waals surface area contributed by atoms with Crippen LogP contribution in [0.3, 0.4) is 0 Å². The minimum absolute atomic E-state index is 0.0842. The first-order valence-electron chi connectivity index (χ1n) is 9.40. The second-order valence-electron chi connectivity index (χ2n) is 7.47. The van der Waals surface area contributed by atoms with Crippen molar-refractivity contribution < 1.29 is 18.0 Å². The van der Waals surface area contributed by atoms with Gasteiger partial charge in [0.2, 0.25) is 5.91 Å². The maximum absolute atomic E-state index is 13.1. The molecule has 9 heteroatoms. The van der Waals surface area contributed by atoms with Gasteiger partial charge in [-0.25, -0.2) is 4.98 Å². The Morgan fingerprint density at radius 1 is 1.34 bits per heavy atom. The number of aryl methyl sites for hydroxylation is 1. The molecule has 0 unspecified atom stereocenters. The fourth-order valence-electron chi connectivity index (χ4n) is 2.68. The first-order chi connectivity index (χ1) is 13.4. The van der Waals surface area contributed by atoms with E-state index >= 15 is 0 Å². The molecule has 0 spiro atoms. The number of fused-ring (bicyclic) bond motifs is 1. The molecule has 1 heterocycles. The summed E-state index contributed by atoms with van der Waals surface area (Å²) in [4.78, 5) is 17.1. The molecule has 158 valence electrons. The average molecular weight is 427 g/mol. The molecule has 5 nitrogen and oxygen atoms in total. The molecule has 0 aliphatic heterocycles. The second-order valence-corrected chi connectivity index (χ2v) is 8.77. The van der Waals surface area contributed by atoms with Gasteiger partial charge in [-0.1, -0.05) is 32.5 Å². The highest BCUT2D eigenvalue weighted by Crippen LogP contribution is 2.34. The predicted molar refractivity (Wildman–Crippen MR) is 107 cm³/mol. The number of nitrogens with zero attached hydrogens (tertiary/aromatic N) is 3. The summed E-state index contributed by atoms with van der Waals surface area (Å²) in [6, 6.07) is 5.59. The third-order valence-corrected chi connectivity index (χ3v) is 6.00. The van der Waals surface area contributed by atoms with Crippen molar-refractivity contribution in [1.29, 1.82) is 5.26 Å². The molecule has 0 bridgehead atoms. The van der Waals surface area contributed by atoms with Gasteiger partial charge in [0.05, 0.1) is 27.9 Å². The smallest absolute Gasteiger partial charge is 0.337 e. The SMILES string of the molecule is CCCn1c(S[C@H](C)C(=O)N[C@@](C)(C#N)C(C)C)nc2ccc(C(F)(F)F)cc21. The van der Waals surface area contributed by atoms with Crippen LogP contribution in [0.15, 0.2) is 23.4 Å². The summed E-state index contributed by atoms with van der Waals surface area (Å²) in [7, 11) is 0. The Labute approximate surface area is 172 Å². The van der Waals surface area contributed by atoms with E-state index in [1.807, 2.05) is 20.8 Å². The van der Waals surface area contributed by atoms with Crippen molar-refractivity contribution in [2.24, 2.45) is 5.92 Å². The molecule has 0 saturated heterocycles. The van der Waals surface area contributed by atoms with E-state index < -0.39 is 22.5 Å². The number of nitrogens with one attached hydrogen (secondary N) is 1. The van der Waals surface area contributed by atoms with Gasteiger partial charge in [-0.3, -0.25) is 4.79 Å². The number of thioether (sulfide) groups is 1. The van der Waals surface area contributed by atoms with Crippen molar-refractivity contribution in [2.45, 2.75) is 69.7 Å². The van der Waals surface area contributed by atoms with Crippen LogP contribution in [0.5, 0.6) is 0 Å². The predicted octanol–water partition coefficient (Wildman–Crippen LogP) is 5.00. The molecule has 0 aliphatic carbocycles. The Hall–Kier alpha value is -2.21. The van der Waals surface area contributed by atoms with Gasteiger partial charge in [0.25, 0.3) is 0 Å². The Kier molecular flexibility index (Phi) is 6.89. The number of rotatable bonds is 7. The van der Waals surface area contributed by atoms with Crippen LogP contribution in [0.25, 0.3) is 11.0 Å². The lowest BCUT2D eigenvalue weighted by Crippen LogP contribution is -2.51. The highest BCUT2D eigenvalue weighted by atomic mass is 32.2. The van der Waals surface area contributed by atoms with Crippen LogP contribution in [-0.4, -0.2) is 26.2 Å². The van der Waals surface area contributed by atoms with Crippen molar-refractivity contribution >= 4 is 28.7 Å². The van der Waals surface area contributed by atoms with Crippen LogP contribution in [-0.2, 0) is 17.5 Å². The number of carbonyl (C=O) groups is 1. The number of nitriles is 1. The lowest BCUT2D eigenvalue weighted by Gasteiger charge is -2.28. The number of imidazole rings is 1. The van der Waals surface area contributed by atoms with Gasteiger partial charge < -0.3 is 9.88 Å². The van der Waals surface area contributed by atoms with Gasteiger partial charge in [0.15, 0.2) is 5.16 Å². The Balaban J connectivity index is 2.34. The van der Waals surface area contributed by atoms with E-state index in [9.17, 15) is 23.2 Å². The number of hydrogen-bond donors (Lipinski definition) is 1. The summed E-state index contributed by atoms with van der Waals surface area (Å²) in [6.45, 7) is 9.45. The van der Waals surface area contributed by atoms with Crippen LogP contribution in [0, 0.1) is 17.2 Å². The third kappa shape index (κ3) is 5.04. The van der Waals surface area contributed by atoms with Crippen LogP contribution < -0.4 is 5.32 Å². The van der Waals surface area contributed by atoms with Gasteiger partial charge in [0, 0.05) is 6.54 Å². The minimum Gasteiger partial charge on any atom is -0.337 e. The summed E-state index contributed by atoms with van der Waals surface area (Å²) in [5.41, 5.74) is -0.894. The third-order valence-electron chi connectivity index (χ3n) is 4.91. The largest absolute Gasteiger partial charge is 0.416 e. The fourth-order valence-corrected chi connectivity index (χ4v) is 3.63. The van der Waals surface area contributed by atoms with Crippen molar-refractivity contribution in [2.75, 3.05) is 0 Å². The molecule has 2 rings (SSSR count). The van der Waals surface area contributed by atoms with E-state index in [0.717, 1.165) is 12.1 Å². The Bertz CT molecular complexity index is 932. The summed E-state index contributed by atoms with van der Waals surface area (Å²) in [5, 5.41) is 12.1. The fraction of sp³-hybridized carbons (Fsp3) is 0.550. The summed E-state index contributed by atoms with van der Waals surface area (Å²) < 4.78 is 41.0. The van der Waals surface area contributed by atoms with Crippen molar-refractivity contribution in [1.82, 2.24) is 14.9 Å². The molecular formula is C20H25F3N4OS. The number of carbonyl (C=O) groups excluding carboxylic acids is 1. The molecular weight excluding hydrogens is 401 g/mol. The van der Waals surface area contributed by atoms with Crippen molar-refractivity contribution in [3.8, 4) is 6.07 Å². The second kappa shape index (κ2) is 8.66. The molecule has 0 saturated carbocycles. The van der Waals surface area contributed by atoms with Gasteiger partial charge in [-0.05, 0) is 44.4 Å². The molecule has 0 fully saturated rings. The quantitative estimate of drug-likeness (QED) is 0.633. The molecule has 1 aromatic carbocycles. The zero-order valence-electron chi connectivity index (χ0n) is 17.1. The zero-order valence-corrected chi connectivity index (χ0v) is 17.9. The number of benzene rings is 1. The average Bonchev–Trinajstić information content (AvgIpc) is 2.97. The van der Waals surface area contributed by atoms with E-state index in [0.29, 0.717) is 29.2 Å². The first kappa shape index (κ1) is 23.1. The standard InChI is InChI=1S/C20H25F3N4OS/c1-6-9-27-16-10-14(20(21,22)23)7-8-15(16)25-18(27)29-13(4)17(28)26-19(5,11-24)12(2)3/h7-8,10,12-13H,6,9H2,1-5H3,(H,26,28)/t13-,19+/m1/s1. The first-order valence-corrected chi connectivity index (χ1v) is 10.3. The van der Waals surface area contributed by atoms with Gasteiger partial charge in [0.1, 0.15) is 5.54 Å². The number of halogens is 3. The van der Waals surface area contributed by atoms with Crippen LogP contribution >= 0.6 is 11.8 Å². The molecule has 1 aromatic heterocycles. The van der Waals surface area contributed by atoms with E-state index in [-0.39, 0.29) is 11.8 Å². The number of amides is 1. The summed E-state index contributed by atoms with van der Waals surface area (Å²) >= 11 is 1.17. The van der Waals surface area contributed by atoms with Gasteiger partial charge in [-0.2, -0.15) is 18.4 Å². The highest BCUT2D eigenvalue weighted by molar-refractivity contribution is 8.00. The lowest BCUT2D eigenvalue weighted by atomic mass is 9.90. The molecule has 29 heavy (non-hydrogen) atoms. The van der Waals surface area contributed by atoms with E-state index in [4.69, 9.17) is 0 Å². The van der Waals surface area contributed by atoms with Crippen molar-refractivity contribution in [3.05, 3.63) is 23.8 Å². The molecule has 0 aliphatic rings. The lowest BCUT2D eigenvalue weighted by molar-refractivity contribution is -0.137. The topological polar surface area (TPSA) is 70.7 Å². The highest BCUT2D eigenvalue weighted by Gasteiger charge is 2.33. The van der Waals surface area contributed by atoms with E-state index in [2.05, 4.69) is 16.4 Å². The van der Waals surface area contributed by atoms with E-state index in [1.54, 1.807) is 18.4 Å². The maximum atomic E-state index is 13.1.